The summed E-state index contributed by atoms with van der Waals surface area (Å²) in [6.45, 7) is 2.65. The Morgan fingerprint density at radius 1 is 1.04 bits per heavy atom. The fraction of sp³-hybridized carbons (Fsp3) is 0.400. The number of anilines is 1. The van der Waals surface area contributed by atoms with Crippen molar-refractivity contribution in [2.45, 2.75) is 44.7 Å². The second-order valence-corrected chi connectivity index (χ2v) is 6.94. The van der Waals surface area contributed by atoms with E-state index in [-0.39, 0.29) is 5.96 Å². The van der Waals surface area contributed by atoms with Gasteiger partial charge in [0.15, 0.2) is 0 Å². The summed E-state index contributed by atoms with van der Waals surface area (Å²) in [6, 6.07) is 12.4. The molecule has 0 amide bonds. The lowest BCUT2D eigenvalue weighted by atomic mass is 9.87. The number of hydrogen-bond acceptors (Lipinski definition) is 6. The van der Waals surface area contributed by atoms with Crippen LogP contribution in [0.15, 0.2) is 46.4 Å². The molecule has 0 radical (unpaired) electrons. The summed E-state index contributed by atoms with van der Waals surface area (Å²) in [7, 11) is 0. The number of aliphatic imine (C=N–C) groups is 2. The smallest absolute Gasteiger partial charge is 0.220 e. The quantitative estimate of drug-likeness (QED) is 0.887. The van der Waals surface area contributed by atoms with E-state index in [0.29, 0.717) is 12.6 Å². The van der Waals surface area contributed by atoms with Crippen LogP contribution < -0.4 is 21.1 Å². The molecule has 2 aliphatic rings. The standard InChI is InChI=1S/C20H25N5O/c1-2-26-17-9-7-14-12-16(8-6-15(14)13-17)25-19(22)23-18(21)24-20(25)10-4-3-5-11-20/h6-9,12-13H,2-5,10-11H2,1H3,(H4,21,22,23,24). The van der Waals surface area contributed by atoms with Gasteiger partial charge in [0.25, 0.3) is 0 Å². The first-order chi connectivity index (χ1) is 12.6. The molecular weight excluding hydrogens is 326 g/mol. The molecule has 0 unspecified atom stereocenters. The largest absolute Gasteiger partial charge is 0.494 e. The fourth-order valence-corrected chi connectivity index (χ4v) is 4.10. The van der Waals surface area contributed by atoms with E-state index >= 15 is 0 Å². The van der Waals surface area contributed by atoms with Gasteiger partial charge in [-0.3, -0.25) is 4.90 Å². The fourth-order valence-electron chi connectivity index (χ4n) is 4.10. The van der Waals surface area contributed by atoms with Crippen LogP contribution in [0.4, 0.5) is 5.69 Å². The third-order valence-electron chi connectivity index (χ3n) is 5.22. The van der Waals surface area contributed by atoms with Crippen LogP contribution >= 0.6 is 0 Å². The van der Waals surface area contributed by atoms with Gasteiger partial charge >= 0.3 is 0 Å². The second kappa shape index (κ2) is 6.52. The third-order valence-corrected chi connectivity index (χ3v) is 5.22. The summed E-state index contributed by atoms with van der Waals surface area (Å²) in [5, 5.41) is 2.26. The Morgan fingerprint density at radius 2 is 1.77 bits per heavy atom. The number of guanidine groups is 2. The molecule has 6 nitrogen and oxygen atoms in total. The Bertz CT molecular complexity index is 883. The Balaban J connectivity index is 1.77. The van der Waals surface area contributed by atoms with Crippen molar-refractivity contribution in [1.82, 2.24) is 0 Å². The number of ether oxygens (including phenoxy) is 1. The molecule has 2 aromatic rings. The highest BCUT2D eigenvalue weighted by Gasteiger charge is 2.42. The first-order valence-corrected chi connectivity index (χ1v) is 9.28. The molecule has 1 fully saturated rings. The number of hydrogen-bond donors (Lipinski definition) is 2. The average Bonchev–Trinajstić information content (AvgIpc) is 2.62. The lowest BCUT2D eigenvalue weighted by Crippen LogP contribution is -2.58. The van der Waals surface area contributed by atoms with Gasteiger partial charge in [-0.25, -0.2) is 4.99 Å². The van der Waals surface area contributed by atoms with Crippen molar-refractivity contribution < 1.29 is 4.74 Å². The summed E-state index contributed by atoms with van der Waals surface area (Å²) >= 11 is 0. The highest BCUT2D eigenvalue weighted by Crippen LogP contribution is 2.40. The van der Waals surface area contributed by atoms with E-state index in [0.717, 1.165) is 47.9 Å². The number of nitrogens with zero attached hydrogens (tertiary/aromatic N) is 3. The lowest BCUT2D eigenvalue weighted by Gasteiger charge is -2.45. The van der Waals surface area contributed by atoms with Gasteiger partial charge in [-0.2, -0.15) is 4.99 Å². The minimum atomic E-state index is -0.410. The van der Waals surface area contributed by atoms with Crippen LogP contribution in [0.2, 0.25) is 0 Å². The van der Waals surface area contributed by atoms with E-state index in [1.807, 2.05) is 13.0 Å². The molecule has 1 aliphatic carbocycles. The zero-order valence-corrected chi connectivity index (χ0v) is 15.1. The van der Waals surface area contributed by atoms with Gasteiger partial charge in [-0.1, -0.05) is 18.6 Å². The predicted molar refractivity (Wildman–Crippen MR) is 107 cm³/mol. The number of rotatable bonds is 3. The maximum absolute atomic E-state index is 6.31. The van der Waals surface area contributed by atoms with Crippen LogP contribution in [-0.2, 0) is 0 Å². The second-order valence-electron chi connectivity index (χ2n) is 6.94. The van der Waals surface area contributed by atoms with Crippen molar-refractivity contribution in [3.63, 3.8) is 0 Å². The molecule has 0 atom stereocenters. The highest BCUT2D eigenvalue weighted by molar-refractivity contribution is 6.06. The summed E-state index contributed by atoms with van der Waals surface area (Å²) in [4.78, 5) is 11.0. The minimum absolute atomic E-state index is 0.280. The van der Waals surface area contributed by atoms with Crippen molar-refractivity contribution in [2.24, 2.45) is 21.5 Å². The van der Waals surface area contributed by atoms with Crippen LogP contribution in [-0.4, -0.2) is 24.2 Å². The maximum Gasteiger partial charge on any atom is 0.220 e. The van der Waals surface area contributed by atoms with Gasteiger partial charge in [-0.15, -0.1) is 0 Å². The zero-order valence-electron chi connectivity index (χ0n) is 15.1. The molecule has 136 valence electrons. The summed E-state index contributed by atoms with van der Waals surface area (Å²) < 4.78 is 5.60. The summed E-state index contributed by atoms with van der Waals surface area (Å²) in [5.41, 5.74) is 12.8. The highest BCUT2D eigenvalue weighted by atomic mass is 16.5. The normalized spacial score (nSPS) is 19.3. The zero-order chi connectivity index (χ0) is 18.1. The maximum atomic E-state index is 6.31. The van der Waals surface area contributed by atoms with Gasteiger partial charge in [-0.05, 0) is 67.6 Å². The Kier molecular flexibility index (Phi) is 4.18. The van der Waals surface area contributed by atoms with Gasteiger partial charge < -0.3 is 16.2 Å². The topological polar surface area (TPSA) is 89.2 Å². The van der Waals surface area contributed by atoms with Crippen molar-refractivity contribution >= 4 is 28.4 Å². The average molecular weight is 351 g/mol. The van der Waals surface area contributed by atoms with E-state index in [2.05, 4.69) is 40.2 Å². The molecular formula is C20H25N5O. The monoisotopic (exact) mass is 351 g/mol. The first-order valence-electron chi connectivity index (χ1n) is 9.28. The molecule has 4 rings (SSSR count). The molecule has 1 spiro atoms. The first kappa shape index (κ1) is 16.7. The number of benzene rings is 2. The Hall–Kier alpha value is -2.76. The molecule has 4 N–H and O–H groups in total. The number of nitrogens with two attached hydrogens (primary N) is 2. The Labute approximate surface area is 153 Å². The van der Waals surface area contributed by atoms with Crippen LogP contribution in [0.3, 0.4) is 0 Å². The molecule has 1 aliphatic heterocycles. The van der Waals surface area contributed by atoms with E-state index in [4.69, 9.17) is 21.2 Å². The molecule has 2 aromatic carbocycles. The molecule has 0 aromatic heterocycles. The molecule has 26 heavy (non-hydrogen) atoms. The molecule has 6 heteroatoms. The van der Waals surface area contributed by atoms with E-state index in [9.17, 15) is 0 Å². The molecule has 0 bridgehead atoms. The third kappa shape index (κ3) is 2.85. The van der Waals surface area contributed by atoms with E-state index < -0.39 is 5.66 Å². The minimum Gasteiger partial charge on any atom is -0.494 e. The van der Waals surface area contributed by atoms with Crippen LogP contribution in [0, 0.1) is 0 Å². The van der Waals surface area contributed by atoms with Crippen LogP contribution in [0.25, 0.3) is 10.8 Å². The van der Waals surface area contributed by atoms with Gasteiger partial charge in [0, 0.05) is 5.69 Å². The number of fused-ring (bicyclic) bond motifs is 1. The van der Waals surface area contributed by atoms with E-state index in [1.54, 1.807) is 0 Å². The van der Waals surface area contributed by atoms with Crippen LogP contribution in [0.5, 0.6) is 5.75 Å². The van der Waals surface area contributed by atoms with Crippen molar-refractivity contribution in [3.05, 3.63) is 36.4 Å². The SMILES string of the molecule is CCOc1ccc2cc(N3C(N)=NC(N)=NC34CCCCC4)ccc2c1. The molecule has 1 saturated carbocycles. The Morgan fingerprint density at radius 3 is 2.54 bits per heavy atom. The van der Waals surface area contributed by atoms with Crippen molar-refractivity contribution in [3.8, 4) is 5.75 Å². The molecule has 1 heterocycles. The predicted octanol–water partition coefficient (Wildman–Crippen LogP) is 3.35. The van der Waals surface area contributed by atoms with Gasteiger partial charge in [0.2, 0.25) is 11.9 Å². The molecule has 0 saturated heterocycles. The lowest BCUT2D eigenvalue weighted by molar-refractivity contribution is 0.305. The van der Waals surface area contributed by atoms with Crippen molar-refractivity contribution in [1.29, 1.82) is 0 Å². The van der Waals surface area contributed by atoms with E-state index in [1.165, 1.54) is 6.42 Å². The van der Waals surface area contributed by atoms with Gasteiger partial charge in [0.05, 0.1) is 6.61 Å². The van der Waals surface area contributed by atoms with Crippen molar-refractivity contribution in [2.75, 3.05) is 11.5 Å². The van der Waals surface area contributed by atoms with Crippen LogP contribution in [0.1, 0.15) is 39.0 Å². The van der Waals surface area contributed by atoms with Gasteiger partial charge in [0.1, 0.15) is 11.4 Å². The summed E-state index contributed by atoms with van der Waals surface area (Å²) in [6.07, 6.45) is 5.33. The summed E-state index contributed by atoms with van der Waals surface area (Å²) in [5.74, 6) is 1.58.